The third-order valence-electron chi connectivity index (χ3n) is 1.94. The van der Waals surface area contributed by atoms with Crippen LogP contribution in [0, 0.1) is 5.82 Å². The van der Waals surface area contributed by atoms with Crippen molar-refractivity contribution < 1.29 is 18.7 Å². The minimum Gasteiger partial charge on any atom is -0.464 e. The van der Waals surface area contributed by atoms with Crippen LogP contribution >= 0.6 is 0 Å². The van der Waals surface area contributed by atoms with Gasteiger partial charge in [-0.25, -0.2) is 24.1 Å². The van der Waals surface area contributed by atoms with Crippen LogP contribution in [0.1, 0.15) is 10.5 Å². The van der Waals surface area contributed by atoms with E-state index in [9.17, 15) is 9.18 Å². The Morgan fingerprint density at radius 3 is 2.44 bits per heavy atom. The maximum Gasteiger partial charge on any atom is 0.356 e. The molecule has 0 aliphatic carbocycles. The Balaban J connectivity index is 2.10. The summed E-state index contributed by atoms with van der Waals surface area (Å²) in [6.45, 7) is 0. The molecule has 0 fully saturated rings. The fraction of sp³-hybridized carbons (Fsp3) is 0.0909. The number of aromatic nitrogens is 3. The molecule has 0 aromatic carbocycles. The second-order valence-electron chi connectivity index (χ2n) is 3.16. The van der Waals surface area contributed by atoms with Crippen molar-refractivity contribution in [2.75, 3.05) is 7.11 Å². The number of carbonyl (C=O) groups is 1. The van der Waals surface area contributed by atoms with Crippen LogP contribution in [-0.2, 0) is 4.74 Å². The minimum absolute atomic E-state index is 0.0102. The quantitative estimate of drug-likeness (QED) is 0.769. The maximum absolute atomic E-state index is 12.6. The SMILES string of the molecule is COC(=O)c1ccc(Oc2ncc(F)cn2)cn1. The molecule has 2 aromatic heterocycles. The Hall–Kier alpha value is -2.57. The molecule has 2 aromatic rings. The summed E-state index contributed by atoms with van der Waals surface area (Å²) in [6, 6.07) is 2.93. The van der Waals surface area contributed by atoms with Gasteiger partial charge in [0.15, 0.2) is 5.82 Å². The van der Waals surface area contributed by atoms with Crippen molar-refractivity contribution in [2.24, 2.45) is 0 Å². The van der Waals surface area contributed by atoms with Crippen LogP contribution in [0.4, 0.5) is 4.39 Å². The molecule has 0 spiro atoms. The highest BCUT2D eigenvalue weighted by Gasteiger charge is 2.07. The van der Waals surface area contributed by atoms with Gasteiger partial charge in [-0.1, -0.05) is 0 Å². The van der Waals surface area contributed by atoms with E-state index in [0.717, 1.165) is 12.4 Å². The average molecular weight is 249 g/mol. The van der Waals surface area contributed by atoms with Crippen molar-refractivity contribution in [3.63, 3.8) is 0 Å². The number of esters is 1. The Labute approximate surface area is 101 Å². The van der Waals surface area contributed by atoms with E-state index in [0.29, 0.717) is 5.75 Å². The molecule has 7 heteroatoms. The summed E-state index contributed by atoms with van der Waals surface area (Å²) in [5.74, 6) is -0.768. The molecular formula is C11H8FN3O3. The fourth-order valence-electron chi connectivity index (χ4n) is 1.12. The molecule has 0 radical (unpaired) electrons. The predicted molar refractivity (Wildman–Crippen MR) is 57.6 cm³/mol. The molecule has 0 saturated carbocycles. The predicted octanol–water partition coefficient (Wildman–Crippen LogP) is 1.59. The molecule has 0 aliphatic rings. The maximum atomic E-state index is 12.6. The standard InChI is InChI=1S/C11H8FN3O3/c1-17-10(16)9-3-2-8(6-13-9)18-11-14-4-7(12)5-15-11/h2-6H,1H3. The zero-order valence-corrected chi connectivity index (χ0v) is 9.33. The number of hydrogen-bond donors (Lipinski definition) is 0. The highest BCUT2D eigenvalue weighted by molar-refractivity contribution is 5.87. The Kier molecular flexibility index (Phi) is 3.42. The van der Waals surface area contributed by atoms with E-state index in [-0.39, 0.29) is 11.7 Å². The van der Waals surface area contributed by atoms with Gasteiger partial charge in [0.25, 0.3) is 0 Å². The molecule has 0 saturated heterocycles. The van der Waals surface area contributed by atoms with E-state index in [4.69, 9.17) is 4.74 Å². The van der Waals surface area contributed by atoms with Crippen molar-refractivity contribution >= 4 is 5.97 Å². The van der Waals surface area contributed by atoms with E-state index in [1.54, 1.807) is 0 Å². The summed E-state index contributed by atoms with van der Waals surface area (Å²) >= 11 is 0. The molecule has 2 heterocycles. The van der Waals surface area contributed by atoms with Crippen LogP contribution in [-0.4, -0.2) is 28.0 Å². The molecule has 0 unspecified atom stereocenters. The third-order valence-corrected chi connectivity index (χ3v) is 1.94. The highest BCUT2D eigenvalue weighted by Crippen LogP contribution is 2.16. The molecule has 0 amide bonds. The first-order chi connectivity index (χ1) is 8.69. The summed E-state index contributed by atoms with van der Waals surface area (Å²) in [6.07, 6.45) is 3.29. The number of methoxy groups -OCH3 is 1. The van der Waals surface area contributed by atoms with Crippen LogP contribution in [0.3, 0.4) is 0 Å². The molecule has 18 heavy (non-hydrogen) atoms. The van der Waals surface area contributed by atoms with Gasteiger partial charge in [-0.05, 0) is 12.1 Å². The van der Waals surface area contributed by atoms with Crippen molar-refractivity contribution in [1.82, 2.24) is 15.0 Å². The van der Waals surface area contributed by atoms with Gasteiger partial charge >= 0.3 is 12.0 Å². The minimum atomic E-state index is -0.554. The van der Waals surface area contributed by atoms with E-state index in [1.807, 2.05) is 0 Å². The molecule has 0 bridgehead atoms. The number of nitrogens with zero attached hydrogens (tertiary/aromatic N) is 3. The normalized spacial score (nSPS) is 9.89. The summed E-state index contributed by atoms with van der Waals surface area (Å²) < 4.78 is 22.3. The number of ether oxygens (including phenoxy) is 2. The molecule has 2 rings (SSSR count). The lowest BCUT2D eigenvalue weighted by Gasteiger charge is -2.03. The Morgan fingerprint density at radius 2 is 1.89 bits per heavy atom. The van der Waals surface area contributed by atoms with Gasteiger partial charge in [0.2, 0.25) is 0 Å². The highest BCUT2D eigenvalue weighted by atomic mass is 19.1. The lowest BCUT2D eigenvalue weighted by Crippen LogP contribution is -2.03. The molecular weight excluding hydrogens is 241 g/mol. The van der Waals surface area contributed by atoms with E-state index in [2.05, 4.69) is 19.7 Å². The largest absolute Gasteiger partial charge is 0.464 e. The Bertz CT molecular complexity index is 542. The topological polar surface area (TPSA) is 74.2 Å². The van der Waals surface area contributed by atoms with Crippen molar-refractivity contribution in [3.8, 4) is 11.8 Å². The average Bonchev–Trinajstić information content (AvgIpc) is 2.41. The van der Waals surface area contributed by atoms with Gasteiger partial charge in [0.05, 0.1) is 25.7 Å². The van der Waals surface area contributed by atoms with Gasteiger partial charge in [-0.15, -0.1) is 0 Å². The summed E-state index contributed by atoms with van der Waals surface area (Å²) in [5, 5.41) is 0. The van der Waals surface area contributed by atoms with Gasteiger partial charge in [-0.2, -0.15) is 0 Å². The van der Waals surface area contributed by atoms with Gasteiger partial charge in [-0.3, -0.25) is 0 Å². The molecule has 0 atom stereocenters. The van der Waals surface area contributed by atoms with Crippen LogP contribution in [0.15, 0.2) is 30.7 Å². The van der Waals surface area contributed by atoms with Crippen LogP contribution in [0.5, 0.6) is 11.8 Å². The smallest absolute Gasteiger partial charge is 0.356 e. The summed E-state index contributed by atoms with van der Waals surface area (Å²) in [4.78, 5) is 22.2. The van der Waals surface area contributed by atoms with Crippen LogP contribution < -0.4 is 4.74 Å². The molecule has 0 aliphatic heterocycles. The first-order valence-electron chi connectivity index (χ1n) is 4.89. The first-order valence-corrected chi connectivity index (χ1v) is 4.89. The number of carbonyl (C=O) groups excluding carboxylic acids is 1. The van der Waals surface area contributed by atoms with E-state index in [1.165, 1.54) is 25.4 Å². The van der Waals surface area contributed by atoms with Gasteiger partial charge < -0.3 is 9.47 Å². The number of halogens is 1. The lowest BCUT2D eigenvalue weighted by atomic mass is 10.3. The zero-order valence-electron chi connectivity index (χ0n) is 9.33. The number of pyridine rings is 1. The van der Waals surface area contributed by atoms with E-state index >= 15 is 0 Å². The van der Waals surface area contributed by atoms with Gasteiger partial charge in [0.1, 0.15) is 11.4 Å². The van der Waals surface area contributed by atoms with Crippen LogP contribution in [0.2, 0.25) is 0 Å². The lowest BCUT2D eigenvalue weighted by molar-refractivity contribution is 0.0594. The summed E-state index contributed by atoms with van der Waals surface area (Å²) in [7, 11) is 1.26. The third kappa shape index (κ3) is 2.76. The van der Waals surface area contributed by atoms with Gasteiger partial charge in [0, 0.05) is 0 Å². The molecule has 92 valence electrons. The number of rotatable bonds is 3. The zero-order chi connectivity index (χ0) is 13.0. The second kappa shape index (κ2) is 5.17. The van der Waals surface area contributed by atoms with Crippen LogP contribution in [0.25, 0.3) is 0 Å². The summed E-state index contributed by atoms with van der Waals surface area (Å²) in [5.41, 5.74) is 0.157. The molecule has 6 nitrogen and oxygen atoms in total. The molecule has 0 N–H and O–H groups in total. The van der Waals surface area contributed by atoms with E-state index < -0.39 is 11.8 Å². The second-order valence-corrected chi connectivity index (χ2v) is 3.16. The first kappa shape index (κ1) is 11.9. The number of hydrogen-bond acceptors (Lipinski definition) is 6. The van der Waals surface area contributed by atoms with Crippen molar-refractivity contribution in [3.05, 3.63) is 42.2 Å². The fourth-order valence-corrected chi connectivity index (χ4v) is 1.12. The monoisotopic (exact) mass is 249 g/mol. The van der Waals surface area contributed by atoms with Crippen molar-refractivity contribution in [2.45, 2.75) is 0 Å². The Morgan fingerprint density at radius 1 is 1.17 bits per heavy atom. The van der Waals surface area contributed by atoms with Crippen molar-refractivity contribution in [1.29, 1.82) is 0 Å².